The van der Waals surface area contributed by atoms with Crippen molar-refractivity contribution in [3.05, 3.63) is 28.6 Å². The molecule has 0 bridgehead atoms. The van der Waals surface area contributed by atoms with E-state index in [4.69, 9.17) is 0 Å². The van der Waals surface area contributed by atoms with E-state index in [0.29, 0.717) is 23.0 Å². The zero-order valence-corrected chi connectivity index (χ0v) is 14.5. The fraction of sp³-hybridized carbons (Fsp3) is 0.444. The number of hydrogen-bond donors (Lipinski definition) is 3. The van der Waals surface area contributed by atoms with Crippen LogP contribution in [0, 0.1) is 0 Å². The van der Waals surface area contributed by atoms with Crippen LogP contribution >= 0.6 is 11.3 Å². The van der Waals surface area contributed by atoms with Crippen LogP contribution in [-0.4, -0.2) is 30.4 Å². The molecule has 2 amide bonds. The number of nitrogens with one attached hydrogen (secondary N) is 3. The van der Waals surface area contributed by atoms with Gasteiger partial charge < -0.3 is 16.0 Å². The zero-order valence-electron chi connectivity index (χ0n) is 13.6. The van der Waals surface area contributed by atoms with Gasteiger partial charge in [0, 0.05) is 34.3 Å². The number of rotatable bonds is 2. The zero-order chi connectivity index (χ0) is 16.7. The topological polar surface area (TPSA) is 70.2 Å². The number of carbonyl (C=O) groups excluding carboxylic acids is 2. The molecule has 1 aromatic heterocycles. The van der Waals surface area contributed by atoms with E-state index >= 15 is 0 Å². The Morgan fingerprint density at radius 3 is 2.88 bits per heavy atom. The van der Waals surface area contributed by atoms with Crippen molar-refractivity contribution in [1.82, 2.24) is 10.6 Å². The lowest BCUT2D eigenvalue weighted by Gasteiger charge is -2.12. The van der Waals surface area contributed by atoms with Gasteiger partial charge in [-0.15, -0.1) is 11.3 Å². The van der Waals surface area contributed by atoms with Crippen molar-refractivity contribution in [1.29, 1.82) is 0 Å². The summed E-state index contributed by atoms with van der Waals surface area (Å²) in [6.45, 7) is 2.66. The van der Waals surface area contributed by atoms with Gasteiger partial charge in [-0.25, -0.2) is 0 Å². The fourth-order valence-corrected chi connectivity index (χ4v) is 4.57. The lowest BCUT2D eigenvalue weighted by Crippen LogP contribution is -2.34. The molecule has 2 aromatic rings. The third-order valence-corrected chi connectivity index (χ3v) is 5.98. The molecule has 5 nitrogen and oxygen atoms in total. The van der Waals surface area contributed by atoms with Gasteiger partial charge in [0.25, 0.3) is 11.8 Å². The Morgan fingerprint density at radius 2 is 2.08 bits per heavy atom. The van der Waals surface area contributed by atoms with Crippen LogP contribution < -0.4 is 16.0 Å². The molecular weight excluding hydrogens is 322 g/mol. The van der Waals surface area contributed by atoms with Gasteiger partial charge in [0.2, 0.25) is 0 Å². The minimum absolute atomic E-state index is 0.0183. The van der Waals surface area contributed by atoms with Gasteiger partial charge in [0.05, 0.1) is 5.69 Å². The summed E-state index contributed by atoms with van der Waals surface area (Å²) >= 11 is 1.47. The molecule has 4 rings (SSSR count). The Balaban J connectivity index is 1.67. The molecule has 1 aliphatic heterocycles. The standard InChI is InChI=1S/C18H21N3O2S/c1-10-9-19-15-13-8-11(17(22)21-12-4-2-3-5-12)6-7-14(13)24-16(15)18(23)20-10/h6-8,10,12,19H,2-5,9H2,1H3,(H,20,23)(H,21,22). The number of fused-ring (bicyclic) bond motifs is 3. The number of thiophene rings is 1. The van der Waals surface area contributed by atoms with Gasteiger partial charge in [0.15, 0.2) is 0 Å². The van der Waals surface area contributed by atoms with Crippen LogP contribution in [0.3, 0.4) is 0 Å². The molecule has 0 radical (unpaired) electrons. The highest BCUT2D eigenvalue weighted by atomic mass is 32.1. The number of hydrogen-bond acceptors (Lipinski definition) is 4. The molecule has 1 aliphatic carbocycles. The highest BCUT2D eigenvalue weighted by Crippen LogP contribution is 2.37. The van der Waals surface area contributed by atoms with Gasteiger partial charge >= 0.3 is 0 Å². The first kappa shape index (κ1) is 15.4. The second-order valence-electron chi connectivity index (χ2n) is 6.73. The highest BCUT2D eigenvalue weighted by Gasteiger charge is 2.24. The van der Waals surface area contributed by atoms with Crippen molar-refractivity contribution in [3.8, 4) is 0 Å². The Bertz CT molecular complexity index is 808. The minimum Gasteiger partial charge on any atom is -0.381 e. The fourth-order valence-electron chi connectivity index (χ4n) is 3.51. The van der Waals surface area contributed by atoms with E-state index in [1.807, 2.05) is 25.1 Å². The monoisotopic (exact) mass is 343 g/mol. The van der Waals surface area contributed by atoms with E-state index < -0.39 is 0 Å². The van der Waals surface area contributed by atoms with E-state index in [1.54, 1.807) is 0 Å². The van der Waals surface area contributed by atoms with Gasteiger partial charge in [-0.1, -0.05) is 12.8 Å². The maximum absolute atomic E-state index is 12.5. The van der Waals surface area contributed by atoms with Crippen LogP contribution in [0.5, 0.6) is 0 Å². The summed E-state index contributed by atoms with van der Waals surface area (Å²) in [5, 5.41) is 10.4. The predicted octanol–water partition coefficient (Wildman–Crippen LogP) is 3.12. The predicted molar refractivity (Wildman–Crippen MR) is 97.0 cm³/mol. The Labute approximate surface area is 144 Å². The van der Waals surface area contributed by atoms with Crippen LogP contribution in [0.4, 0.5) is 5.69 Å². The maximum Gasteiger partial charge on any atom is 0.263 e. The van der Waals surface area contributed by atoms with Crippen molar-refractivity contribution in [2.75, 3.05) is 11.9 Å². The molecule has 1 fully saturated rings. The maximum atomic E-state index is 12.5. The number of benzene rings is 1. The summed E-state index contributed by atoms with van der Waals surface area (Å²) in [4.78, 5) is 25.5. The van der Waals surface area contributed by atoms with Gasteiger partial charge in [0.1, 0.15) is 4.88 Å². The molecule has 6 heteroatoms. The third-order valence-electron chi connectivity index (χ3n) is 4.81. The van der Waals surface area contributed by atoms with E-state index in [0.717, 1.165) is 28.6 Å². The van der Waals surface area contributed by atoms with Crippen LogP contribution in [-0.2, 0) is 0 Å². The molecule has 1 atom stereocenters. The molecule has 126 valence electrons. The number of amides is 2. The molecule has 0 spiro atoms. The normalized spacial score (nSPS) is 21.0. The van der Waals surface area contributed by atoms with Crippen LogP contribution in [0.15, 0.2) is 18.2 Å². The van der Waals surface area contributed by atoms with Crippen LogP contribution in [0.1, 0.15) is 52.6 Å². The third kappa shape index (κ3) is 2.75. The minimum atomic E-state index is -0.0411. The summed E-state index contributed by atoms with van der Waals surface area (Å²) in [5.74, 6) is -0.0594. The molecular formula is C18H21N3O2S. The van der Waals surface area contributed by atoms with E-state index in [1.165, 1.54) is 24.2 Å². The first-order chi connectivity index (χ1) is 11.6. The summed E-state index contributed by atoms with van der Waals surface area (Å²) in [6, 6.07) is 6.09. The Hall–Kier alpha value is -2.08. The van der Waals surface area contributed by atoms with Crippen LogP contribution in [0.2, 0.25) is 0 Å². The van der Waals surface area contributed by atoms with Crippen molar-refractivity contribution in [2.24, 2.45) is 0 Å². The first-order valence-corrected chi connectivity index (χ1v) is 9.35. The van der Waals surface area contributed by atoms with Crippen molar-refractivity contribution in [3.63, 3.8) is 0 Å². The Kier molecular flexibility index (Phi) is 3.92. The summed E-state index contributed by atoms with van der Waals surface area (Å²) in [6.07, 6.45) is 4.53. The molecule has 1 saturated carbocycles. The van der Waals surface area contributed by atoms with Crippen LogP contribution in [0.25, 0.3) is 10.1 Å². The molecule has 3 N–H and O–H groups in total. The summed E-state index contributed by atoms with van der Waals surface area (Å²) in [5.41, 5.74) is 1.52. The lowest BCUT2D eigenvalue weighted by molar-refractivity contribution is 0.0933. The highest BCUT2D eigenvalue weighted by molar-refractivity contribution is 7.21. The smallest absolute Gasteiger partial charge is 0.263 e. The van der Waals surface area contributed by atoms with Gasteiger partial charge in [-0.3, -0.25) is 9.59 Å². The van der Waals surface area contributed by atoms with Crippen molar-refractivity contribution < 1.29 is 9.59 Å². The SMILES string of the molecule is CC1CNc2c(sc3ccc(C(=O)NC4CCCC4)cc23)C(=O)N1. The number of anilines is 1. The average molecular weight is 343 g/mol. The lowest BCUT2D eigenvalue weighted by atomic mass is 10.1. The van der Waals surface area contributed by atoms with Gasteiger partial charge in [-0.2, -0.15) is 0 Å². The van der Waals surface area contributed by atoms with E-state index in [-0.39, 0.29) is 17.9 Å². The largest absolute Gasteiger partial charge is 0.381 e. The second kappa shape index (κ2) is 6.09. The van der Waals surface area contributed by atoms with E-state index in [2.05, 4.69) is 16.0 Å². The Morgan fingerprint density at radius 1 is 1.29 bits per heavy atom. The number of carbonyl (C=O) groups is 2. The molecule has 24 heavy (non-hydrogen) atoms. The molecule has 0 saturated heterocycles. The second-order valence-corrected chi connectivity index (χ2v) is 7.78. The summed E-state index contributed by atoms with van der Waals surface area (Å²) < 4.78 is 1.02. The molecule has 1 unspecified atom stereocenters. The van der Waals surface area contributed by atoms with Crippen molar-refractivity contribution >= 4 is 38.9 Å². The first-order valence-electron chi connectivity index (χ1n) is 8.54. The van der Waals surface area contributed by atoms with E-state index in [9.17, 15) is 9.59 Å². The van der Waals surface area contributed by atoms with Crippen molar-refractivity contribution in [2.45, 2.75) is 44.7 Å². The average Bonchev–Trinajstić information content (AvgIpc) is 3.16. The molecule has 1 aromatic carbocycles. The molecule has 2 heterocycles. The summed E-state index contributed by atoms with van der Waals surface area (Å²) in [7, 11) is 0. The van der Waals surface area contributed by atoms with Gasteiger partial charge in [-0.05, 0) is 38.0 Å². The molecule has 2 aliphatic rings. The quantitative estimate of drug-likeness (QED) is 0.785.